The maximum atomic E-state index is 11.9. The minimum Gasteiger partial charge on any atom is -0.481 e. The third-order valence-electron chi connectivity index (χ3n) is 2.76. The van der Waals surface area contributed by atoms with Gasteiger partial charge >= 0.3 is 12.0 Å². The number of urea groups is 1. The van der Waals surface area contributed by atoms with Crippen LogP contribution in [0, 0.1) is 11.8 Å². The molecule has 0 aliphatic rings. The van der Waals surface area contributed by atoms with E-state index in [0.29, 0.717) is 6.42 Å². The van der Waals surface area contributed by atoms with Crippen LogP contribution in [0.1, 0.15) is 33.6 Å². The number of amides is 3. The molecule has 2 atom stereocenters. The highest BCUT2D eigenvalue weighted by atomic mass is 16.4. The van der Waals surface area contributed by atoms with Gasteiger partial charge in [-0.25, -0.2) is 4.79 Å². The van der Waals surface area contributed by atoms with Gasteiger partial charge in [0.15, 0.2) is 0 Å². The predicted molar refractivity (Wildman–Crippen MR) is 70.4 cm³/mol. The van der Waals surface area contributed by atoms with Crippen molar-refractivity contribution in [2.45, 2.75) is 39.7 Å². The Morgan fingerprint density at radius 2 is 1.84 bits per heavy atom. The Morgan fingerprint density at radius 3 is 2.21 bits per heavy atom. The number of primary amides is 1. The molecule has 0 aromatic rings. The van der Waals surface area contributed by atoms with Gasteiger partial charge in [-0.15, -0.1) is 0 Å². The first-order valence-corrected chi connectivity index (χ1v) is 6.36. The lowest BCUT2D eigenvalue weighted by Gasteiger charge is -2.21. The summed E-state index contributed by atoms with van der Waals surface area (Å²) in [7, 11) is 0. The topological polar surface area (TPSA) is 122 Å². The lowest BCUT2D eigenvalue weighted by Crippen LogP contribution is -2.52. The molecule has 0 spiro atoms. The zero-order valence-corrected chi connectivity index (χ0v) is 11.6. The number of nitrogens with one attached hydrogen (secondary N) is 2. The van der Waals surface area contributed by atoms with Crippen LogP contribution in [0.3, 0.4) is 0 Å². The average molecular weight is 273 g/mol. The monoisotopic (exact) mass is 273 g/mol. The lowest BCUT2D eigenvalue weighted by molar-refractivity contribution is -0.142. The first kappa shape index (κ1) is 17.2. The fourth-order valence-corrected chi connectivity index (χ4v) is 1.68. The van der Waals surface area contributed by atoms with Gasteiger partial charge in [-0.2, -0.15) is 0 Å². The molecule has 110 valence electrons. The van der Waals surface area contributed by atoms with Crippen LogP contribution in [0.5, 0.6) is 0 Å². The minimum absolute atomic E-state index is 0.0473. The van der Waals surface area contributed by atoms with Crippen LogP contribution in [0.15, 0.2) is 0 Å². The zero-order valence-electron chi connectivity index (χ0n) is 11.6. The molecule has 0 radical (unpaired) electrons. The molecule has 0 saturated carbocycles. The van der Waals surface area contributed by atoms with Gasteiger partial charge in [0.05, 0.1) is 5.92 Å². The maximum absolute atomic E-state index is 11.9. The van der Waals surface area contributed by atoms with Crippen molar-refractivity contribution in [2.24, 2.45) is 17.6 Å². The number of carboxylic acids is 1. The van der Waals surface area contributed by atoms with E-state index in [-0.39, 0.29) is 12.5 Å². The molecule has 7 heteroatoms. The van der Waals surface area contributed by atoms with Crippen LogP contribution < -0.4 is 16.4 Å². The van der Waals surface area contributed by atoms with Crippen molar-refractivity contribution in [2.75, 3.05) is 6.54 Å². The van der Waals surface area contributed by atoms with E-state index in [0.717, 1.165) is 6.42 Å². The Labute approximate surface area is 112 Å². The van der Waals surface area contributed by atoms with Crippen molar-refractivity contribution in [1.29, 1.82) is 0 Å². The van der Waals surface area contributed by atoms with Gasteiger partial charge in [-0.05, 0) is 12.3 Å². The first-order chi connectivity index (χ1) is 8.79. The Kier molecular flexibility index (Phi) is 7.55. The zero-order chi connectivity index (χ0) is 15.0. The van der Waals surface area contributed by atoms with Gasteiger partial charge in [0, 0.05) is 6.54 Å². The van der Waals surface area contributed by atoms with Gasteiger partial charge in [0.25, 0.3) is 0 Å². The second-order valence-electron chi connectivity index (χ2n) is 4.80. The van der Waals surface area contributed by atoms with Crippen LogP contribution >= 0.6 is 0 Å². The van der Waals surface area contributed by atoms with Crippen LogP contribution in [0.2, 0.25) is 0 Å². The van der Waals surface area contributed by atoms with Crippen molar-refractivity contribution in [3.8, 4) is 0 Å². The molecule has 19 heavy (non-hydrogen) atoms. The molecular formula is C12H23N3O4. The SMILES string of the molecule is CCCC(CNC(=O)C(NC(N)=O)C(C)C)C(=O)O. The molecule has 0 rings (SSSR count). The molecule has 2 unspecified atom stereocenters. The summed E-state index contributed by atoms with van der Waals surface area (Å²) in [6, 6.07) is -1.54. The van der Waals surface area contributed by atoms with Gasteiger partial charge in [-0.3, -0.25) is 9.59 Å². The summed E-state index contributed by atoms with van der Waals surface area (Å²) in [5.41, 5.74) is 5.00. The molecule has 0 saturated heterocycles. The summed E-state index contributed by atoms with van der Waals surface area (Å²) in [6.07, 6.45) is 1.21. The summed E-state index contributed by atoms with van der Waals surface area (Å²) < 4.78 is 0. The number of nitrogens with two attached hydrogens (primary N) is 1. The normalized spacial score (nSPS) is 13.7. The van der Waals surface area contributed by atoms with E-state index in [1.54, 1.807) is 13.8 Å². The van der Waals surface area contributed by atoms with Gasteiger partial charge < -0.3 is 21.5 Å². The van der Waals surface area contributed by atoms with Gasteiger partial charge in [-0.1, -0.05) is 27.2 Å². The largest absolute Gasteiger partial charge is 0.481 e. The molecule has 7 nitrogen and oxygen atoms in total. The maximum Gasteiger partial charge on any atom is 0.312 e. The molecule has 5 N–H and O–H groups in total. The molecule has 0 aliphatic carbocycles. The first-order valence-electron chi connectivity index (χ1n) is 6.36. The van der Waals surface area contributed by atoms with Crippen LogP contribution in [0.4, 0.5) is 4.79 Å². The van der Waals surface area contributed by atoms with Crippen molar-refractivity contribution in [1.82, 2.24) is 10.6 Å². The molecular weight excluding hydrogens is 250 g/mol. The molecule has 3 amide bonds. The fourth-order valence-electron chi connectivity index (χ4n) is 1.68. The second kappa shape index (κ2) is 8.34. The summed E-state index contributed by atoms with van der Waals surface area (Å²) in [6.45, 7) is 5.46. The number of aliphatic carboxylic acids is 1. The highest BCUT2D eigenvalue weighted by Gasteiger charge is 2.25. The predicted octanol–water partition coefficient (Wildman–Crippen LogP) is 0.296. The molecule has 0 bridgehead atoms. The molecule has 0 heterocycles. The van der Waals surface area contributed by atoms with Gasteiger partial charge in [0.1, 0.15) is 6.04 Å². The van der Waals surface area contributed by atoms with Crippen molar-refractivity contribution < 1.29 is 19.5 Å². The van der Waals surface area contributed by atoms with E-state index in [9.17, 15) is 14.4 Å². The lowest BCUT2D eigenvalue weighted by atomic mass is 10.0. The highest BCUT2D eigenvalue weighted by molar-refractivity contribution is 5.87. The third kappa shape index (κ3) is 6.64. The second-order valence-corrected chi connectivity index (χ2v) is 4.80. The number of carboxylic acid groups (broad SMARTS) is 1. The number of hydrogen-bond acceptors (Lipinski definition) is 3. The molecule has 0 fully saturated rings. The Bertz CT molecular complexity index is 331. The number of hydrogen-bond donors (Lipinski definition) is 4. The van der Waals surface area contributed by atoms with Gasteiger partial charge in [0.2, 0.25) is 5.91 Å². The van der Waals surface area contributed by atoms with Crippen LogP contribution in [0.25, 0.3) is 0 Å². The molecule has 0 aromatic heterocycles. The summed E-state index contributed by atoms with van der Waals surface area (Å²) in [5.74, 6) is -2.11. The average Bonchev–Trinajstić information content (AvgIpc) is 2.30. The number of carbonyl (C=O) groups is 3. The Morgan fingerprint density at radius 1 is 1.26 bits per heavy atom. The Balaban J connectivity index is 4.46. The van der Waals surface area contributed by atoms with E-state index in [2.05, 4.69) is 10.6 Å². The van der Waals surface area contributed by atoms with Crippen molar-refractivity contribution in [3.05, 3.63) is 0 Å². The van der Waals surface area contributed by atoms with E-state index < -0.39 is 29.9 Å². The minimum atomic E-state index is -0.939. The third-order valence-corrected chi connectivity index (χ3v) is 2.76. The number of carbonyl (C=O) groups excluding carboxylic acids is 2. The van der Waals surface area contributed by atoms with E-state index in [4.69, 9.17) is 10.8 Å². The smallest absolute Gasteiger partial charge is 0.312 e. The summed E-state index contributed by atoms with van der Waals surface area (Å²) in [4.78, 5) is 33.6. The summed E-state index contributed by atoms with van der Waals surface area (Å²) in [5, 5.41) is 13.9. The summed E-state index contributed by atoms with van der Waals surface area (Å²) >= 11 is 0. The van der Waals surface area contributed by atoms with Crippen molar-refractivity contribution >= 4 is 17.9 Å². The van der Waals surface area contributed by atoms with Crippen LogP contribution in [-0.4, -0.2) is 35.6 Å². The fraction of sp³-hybridized carbons (Fsp3) is 0.750. The molecule has 0 aromatic carbocycles. The number of rotatable bonds is 8. The van der Waals surface area contributed by atoms with E-state index in [1.807, 2.05) is 6.92 Å². The Hall–Kier alpha value is -1.79. The quantitative estimate of drug-likeness (QED) is 0.508. The standard InChI is InChI=1S/C12H23N3O4/c1-4-5-8(11(17)18)6-14-10(16)9(7(2)3)15-12(13)19/h7-9H,4-6H2,1-3H3,(H,14,16)(H,17,18)(H3,13,15,19). The highest BCUT2D eigenvalue weighted by Crippen LogP contribution is 2.06. The van der Waals surface area contributed by atoms with Crippen LogP contribution in [-0.2, 0) is 9.59 Å². The molecule has 0 aliphatic heterocycles. The van der Waals surface area contributed by atoms with E-state index in [1.165, 1.54) is 0 Å². The van der Waals surface area contributed by atoms with E-state index >= 15 is 0 Å². The van der Waals surface area contributed by atoms with Crippen molar-refractivity contribution in [3.63, 3.8) is 0 Å².